The van der Waals surface area contributed by atoms with Crippen LogP contribution in [0, 0.1) is 0 Å². The van der Waals surface area contributed by atoms with Gasteiger partial charge in [0.15, 0.2) is 0 Å². The molecule has 2 aliphatic heterocycles. The van der Waals surface area contributed by atoms with E-state index in [2.05, 4.69) is 20.7 Å². The normalized spacial score (nSPS) is 27.5. The summed E-state index contributed by atoms with van der Waals surface area (Å²) < 4.78 is 7.39. The standard InChI is InChI=1S/C14H23N5O2/c1-10(12-5-3-7-21-12)17-14(20)13-16-9-19(18-13)11-4-2-6-15-8-11/h9-12,15H,2-8H2,1H3,(H,17,20)/t10-,11-,12+/m0/s1. The summed E-state index contributed by atoms with van der Waals surface area (Å²) in [5, 5.41) is 10.6. The average molecular weight is 293 g/mol. The summed E-state index contributed by atoms with van der Waals surface area (Å²) in [6, 6.07) is 0.284. The lowest BCUT2D eigenvalue weighted by Crippen LogP contribution is -2.41. The molecule has 7 heteroatoms. The van der Waals surface area contributed by atoms with Crippen LogP contribution in [0.1, 0.15) is 49.3 Å². The molecule has 0 bridgehead atoms. The Morgan fingerprint density at radius 3 is 3.14 bits per heavy atom. The third-order valence-corrected chi connectivity index (χ3v) is 4.24. The van der Waals surface area contributed by atoms with Crippen LogP contribution in [0.3, 0.4) is 0 Å². The van der Waals surface area contributed by atoms with Crippen LogP contribution in [0.25, 0.3) is 0 Å². The molecular weight excluding hydrogens is 270 g/mol. The lowest BCUT2D eigenvalue weighted by molar-refractivity contribution is 0.0706. The molecule has 0 aliphatic carbocycles. The summed E-state index contributed by atoms with van der Waals surface area (Å²) >= 11 is 0. The van der Waals surface area contributed by atoms with Crippen molar-refractivity contribution in [1.29, 1.82) is 0 Å². The molecule has 2 aliphatic rings. The summed E-state index contributed by atoms with van der Waals surface area (Å²) in [6.45, 7) is 4.69. The number of piperidine rings is 1. The minimum absolute atomic E-state index is 0.0108. The fraction of sp³-hybridized carbons (Fsp3) is 0.786. The van der Waals surface area contributed by atoms with Gasteiger partial charge in [0, 0.05) is 13.2 Å². The average Bonchev–Trinajstić information content (AvgIpc) is 3.20. The molecule has 0 saturated carbocycles. The van der Waals surface area contributed by atoms with Gasteiger partial charge in [0.05, 0.1) is 18.2 Å². The third kappa shape index (κ3) is 3.41. The van der Waals surface area contributed by atoms with Crippen LogP contribution < -0.4 is 10.6 Å². The molecule has 0 radical (unpaired) electrons. The molecule has 7 nitrogen and oxygen atoms in total. The SMILES string of the molecule is C[C@H](NC(=O)c1ncn([C@H]2CCCNC2)n1)[C@H]1CCCO1. The van der Waals surface area contributed by atoms with E-state index in [1.165, 1.54) is 0 Å². The number of nitrogens with zero attached hydrogens (tertiary/aromatic N) is 3. The van der Waals surface area contributed by atoms with Crippen molar-refractivity contribution in [2.24, 2.45) is 0 Å². The summed E-state index contributed by atoms with van der Waals surface area (Å²) in [4.78, 5) is 16.3. The molecule has 0 spiro atoms. The van der Waals surface area contributed by atoms with Crippen LogP contribution in [0.2, 0.25) is 0 Å². The summed E-state index contributed by atoms with van der Waals surface area (Å²) in [7, 11) is 0. The van der Waals surface area contributed by atoms with Crippen molar-refractivity contribution in [1.82, 2.24) is 25.4 Å². The Balaban J connectivity index is 1.58. The number of aromatic nitrogens is 3. The Morgan fingerprint density at radius 1 is 1.52 bits per heavy atom. The Hall–Kier alpha value is -1.47. The van der Waals surface area contributed by atoms with E-state index in [1.54, 1.807) is 11.0 Å². The van der Waals surface area contributed by atoms with Gasteiger partial charge in [-0.15, -0.1) is 5.10 Å². The minimum atomic E-state index is -0.222. The van der Waals surface area contributed by atoms with Gasteiger partial charge in [-0.3, -0.25) is 4.79 Å². The molecule has 0 unspecified atom stereocenters. The van der Waals surface area contributed by atoms with Crippen molar-refractivity contribution in [3.63, 3.8) is 0 Å². The number of nitrogens with one attached hydrogen (secondary N) is 2. The van der Waals surface area contributed by atoms with Crippen LogP contribution in [0.4, 0.5) is 0 Å². The van der Waals surface area contributed by atoms with Crippen molar-refractivity contribution >= 4 is 5.91 Å². The van der Waals surface area contributed by atoms with Crippen LogP contribution in [-0.4, -0.2) is 52.5 Å². The Labute approximate surface area is 124 Å². The summed E-state index contributed by atoms with van der Waals surface area (Å²) in [6.07, 6.45) is 6.03. The first kappa shape index (κ1) is 14.5. The van der Waals surface area contributed by atoms with Gasteiger partial charge in [0.25, 0.3) is 5.91 Å². The second-order valence-corrected chi connectivity index (χ2v) is 5.86. The maximum Gasteiger partial charge on any atom is 0.291 e. The fourth-order valence-electron chi connectivity index (χ4n) is 2.98. The van der Waals surface area contributed by atoms with Crippen molar-refractivity contribution in [3.05, 3.63) is 12.2 Å². The van der Waals surface area contributed by atoms with E-state index in [-0.39, 0.29) is 23.9 Å². The Morgan fingerprint density at radius 2 is 2.43 bits per heavy atom. The molecule has 3 atom stereocenters. The van der Waals surface area contributed by atoms with E-state index in [4.69, 9.17) is 4.74 Å². The molecule has 21 heavy (non-hydrogen) atoms. The highest BCUT2D eigenvalue weighted by molar-refractivity contribution is 5.90. The molecule has 1 amide bonds. The first-order valence-corrected chi connectivity index (χ1v) is 7.78. The zero-order valence-electron chi connectivity index (χ0n) is 12.4. The molecular formula is C14H23N5O2. The number of ether oxygens (including phenoxy) is 1. The molecule has 2 saturated heterocycles. The van der Waals surface area contributed by atoms with Gasteiger partial charge in [0.2, 0.25) is 5.82 Å². The van der Waals surface area contributed by atoms with E-state index in [0.29, 0.717) is 6.04 Å². The van der Waals surface area contributed by atoms with Crippen LogP contribution in [0.15, 0.2) is 6.33 Å². The third-order valence-electron chi connectivity index (χ3n) is 4.24. The second-order valence-electron chi connectivity index (χ2n) is 5.86. The smallest absolute Gasteiger partial charge is 0.291 e. The van der Waals surface area contributed by atoms with Gasteiger partial charge < -0.3 is 15.4 Å². The minimum Gasteiger partial charge on any atom is -0.376 e. The summed E-state index contributed by atoms with van der Waals surface area (Å²) in [5.41, 5.74) is 0. The van der Waals surface area contributed by atoms with E-state index < -0.39 is 0 Å². The number of carbonyl (C=O) groups excluding carboxylic acids is 1. The van der Waals surface area contributed by atoms with Crippen LogP contribution in [0.5, 0.6) is 0 Å². The van der Waals surface area contributed by atoms with Crippen LogP contribution >= 0.6 is 0 Å². The molecule has 1 aromatic rings. The molecule has 116 valence electrons. The zero-order valence-corrected chi connectivity index (χ0v) is 12.4. The number of hydrogen-bond acceptors (Lipinski definition) is 5. The Kier molecular flexibility index (Phi) is 4.50. The van der Waals surface area contributed by atoms with Crippen molar-refractivity contribution in [2.75, 3.05) is 19.7 Å². The lowest BCUT2D eigenvalue weighted by atomic mass is 10.1. The highest BCUT2D eigenvalue weighted by Gasteiger charge is 2.25. The zero-order chi connectivity index (χ0) is 14.7. The maximum atomic E-state index is 12.2. The predicted molar refractivity (Wildman–Crippen MR) is 77.1 cm³/mol. The van der Waals surface area contributed by atoms with E-state index in [0.717, 1.165) is 45.4 Å². The highest BCUT2D eigenvalue weighted by atomic mass is 16.5. The lowest BCUT2D eigenvalue weighted by Gasteiger charge is -2.22. The monoisotopic (exact) mass is 293 g/mol. The van der Waals surface area contributed by atoms with Gasteiger partial charge >= 0.3 is 0 Å². The quantitative estimate of drug-likeness (QED) is 0.845. The highest BCUT2D eigenvalue weighted by Crippen LogP contribution is 2.16. The van der Waals surface area contributed by atoms with Gasteiger partial charge in [-0.05, 0) is 39.2 Å². The van der Waals surface area contributed by atoms with E-state index in [1.807, 2.05) is 6.92 Å². The fourth-order valence-corrected chi connectivity index (χ4v) is 2.98. The van der Waals surface area contributed by atoms with Gasteiger partial charge in [-0.2, -0.15) is 0 Å². The van der Waals surface area contributed by atoms with Crippen molar-refractivity contribution in [2.45, 2.75) is 50.8 Å². The Bertz CT molecular complexity index is 477. The number of rotatable bonds is 4. The first-order valence-electron chi connectivity index (χ1n) is 7.78. The summed E-state index contributed by atoms with van der Waals surface area (Å²) in [5.74, 6) is 0.0194. The first-order chi connectivity index (χ1) is 10.2. The van der Waals surface area contributed by atoms with Crippen molar-refractivity contribution in [3.8, 4) is 0 Å². The molecule has 1 aromatic heterocycles. The van der Waals surface area contributed by atoms with Crippen LogP contribution in [-0.2, 0) is 4.74 Å². The van der Waals surface area contributed by atoms with Gasteiger partial charge in [-0.25, -0.2) is 9.67 Å². The molecule has 3 heterocycles. The number of amides is 1. The van der Waals surface area contributed by atoms with Gasteiger partial charge in [0.1, 0.15) is 6.33 Å². The van der Waals surface area contributed by atoms with Gasteiger partial charge in [-0.1, -0.05) is 0 Å². The number of hydrogen-bond donors (Lipinski definition) is 2. The molecule has 2 fully saturated rings. The topological polar surface area (TPSA) is 81.1 Å². The largest absolute Gasteiger partial charge is 0.376 e. The maximum absolute atomic E-state index is 12.2. The van der Waals surface area contributed by atoms with Crippen molar-refractivity contribution < 1.29 is 9.53 Å². The second kappa shape index (κ2) is 6.53. The van der Waals surface area contributed by atoms with E-state index >= 15 is 0 Å². The molecule has 3 rings (SSSR count). The number of carbonyl (C=O) groups is 1. The predicted octanol–water partition coefficient (Wildman–Crippen LogP) is 0.500. The molecule has 0 aromatic carbocycles. The molecule has 2 N–H and O–H groups in total. The van der Waals surface area contributed by atoms with E-state index in [9.17, 15) is 4.79 Å².